The average Bonchev–Trinajstić information content (AvgIpc) is 3.16. The first kappa shape index (κ1) is 16.9. The Labute approximate surface area is 147 Å². The molecule has 0 saturated carbocycles. The molecule has 128 valence electrons. The predicted octanol–water partition coefficient (Wildman–Crippen LogP) is 2.65. The van der Waals surface area contributed by atoms with Crippen LogP contribution in [0.3, 0.4) is 0 Å². The first-order valence-electron chi connectivity index (χ1n) is 7.66. The molecule has 0 aliphatic heterocycles. The van der Waals surface area contributed by atoms with Crippen LogP contribution in [0.25, 0.3) is 0 Å². The van der Waals surface area contributed by atoms with E-state index in [-0.39, 0.29) is 23.9 Å². The van der Waals surface area contributed by atoms with Crippen LogP contribution in [0.15, 0.2) is 45.3 Å². The van der Waals surface area contributed by atoms with Gasteiger partial charge in [-0.1, -0.05) is 12.1 Å². The molecule has 2 aromatic carbocycles. The number of para-hydroxylation sites is 1. The second-order valence-electron chi connectivity index (χ2n) is 5.61. The molecule has 1 aromatic heterocycles. The molecule has 0 fully saturated rings. The number of phenols is 1. The summed E-state index contributed by atoms with van der Waals surface area (Å²) in [7, 11) is 0. The Kier molecular flexibility index (Phi) is 4.67. The normalized spacial score (nSPS) is 12.0. The van der Waals surface area contributed by atoms with Crippen molar-refractivity contribution in [1.29, 1.82) is 0 Å². The molecule has 1 heterocycles. The minimum atomic E-state index is -0.542. The summed E-state index contributed by atoms with van der Waals surface area (Å²) in [6.07, 6.45) is 0.549. The number of carbonyl (C=O) groups is 1. The maximum atomic E-state index is 11.9. The van der Waals surface area contributed by atoms with Crippen LogP contribution < -0.4 is 21.5 Å². The van der Waals surface area contributed by atoms with Crippen LogP contribution in [0, 0.1) is 0 Å². The first-order chi connectivity index (χ1) is 12.0. The highest BCUT2D eigenvalue weighted by atomic mass is 32.1. The Morgan fingerprint density at radius 2 is 2.00 bits per heavy atom. The number of carbonyl (C=O) groups excluding carboxylic acids is 1. The van der Waals surface area contributed by atoms with Gasteiger partial charge in [0.2, 0.25) is 10.9 Å². The van der Waals surface area contributed by atoms with Crippen molar-refractivity contribution in [2.75, 3.05) is 10.6 Å². The molecule has 7 heteroatoms. The minimum Gasteiger partial charge on any atom is -0.505 e. The van der Waals surface area contributed by atoms with Crippen molar-refractivity contribution >= 4 is 29.0 Å². The van der Waals surface area contributed by atoms with Crippen molar-refractivity contribution in [3.63, 3.8) is 0 Å². The highest BCUT2D eigenvalue weighted by Crippen LogP contribution is 2.27. The maximum Gasteiger partial charge on any atom is 0.249 e. The summed E-state index contributed by atoms with van der Waals surface area (Å²) in [5.74, 6) is -0.183. The summed E-state index contributed by atoms with van der Waals surface area (Å²) in [4.78, 5) is 35.7. The molecule has 0 unspecified atom stereocenters. The zero-order valence-electron chi connectivity index (χ0n) is 13.4. The average molecular weight is 356 g/mol. The quantitative estimate of drug-likeness (QED) is 0.342. The fraction of sp³-hybridized carbons (Fsp3) is 0.167. The summed E-state index contributed by atoms with van der Waals surface area (Å²) in [6.45, 7) is 2.00. The molecule has 1 atom stereocenters. The van der Waals surface area contributed by atoms with Crippen molar-refractivity contribution in [3.8, 4) is 5.75 Å². The van der Waals surface area contributed by atoms with Gasteiger partial charge in [0, 0.05) is 11.4 Å². The Morgan fingerprint density at radius 1 is 1.20 bits per heavy atom. The molecule has 0 bridgehead atoms. The number of anilines is 2. The van der Waals surface area contributed by atoms with Crippen molar-refractivity contribution < 1.29 is 9.90 Å². The van der Waals surface area contributed by atoms with Gasteiger partial charge < -0.3 is 15.7 Å². The van der Waals surface area contributed by atoms with E-state index in [0.29, 0.717) is 23.2 Å². The van der Waals surface area contributed by atoms with Crippen molar-refractivity contribution in [3.05, 3.63) is 72.2 Å². The lowest BCUT2D eigenvalue weighted by molar-refractivity contribution is 0.112. The minimum absolute atomic E-state index is 0.0833. The van der Waals surface area contributed by atoms with Gasteiger partial charge >= 0.3 is 0 Å². The summed E-state index contributed by atoms with van der Waals surface area (Å²) < 4.78 is 0. The summed E-state index contributed by atoms with van der Waals surface area (Å²) in [6, 6.07) is 8.48. The molecular weight excluding hydrogens is 340 g/mol. The molecule has 25 heavy (non-hydrogen) atoms. The fourth-order valence-corrected chi connectivity index (χ4v) is 3.30. The molecule has 3 N–H and O–H groups in total. The number of nitrogens with one attached hydrogen (secondary N) is 2. The smallest absolute Gasteiger partial charge is 0.249 e. The first-order valence-corrected chi connectivity index (χ1v) is 8.54. The molecule has 0 amide bonds. The molecule has 6 nitrogen and oxygen atoms in total. The molecule has 3 rings (SSSR count). The molecule has 0 saturated heterocycles. The Balaban J connectivity index is 1.76. The van der Waals surface area contributed by atoms with Crippen LogP contribution in [0.5, 0.6) is 5.75 Å². The number of hydrogen-bond acceptors (Lipinski definition) is 7. The van der Waals surface area contributed by atoms with E-state index in [9.17, 15) is 19.5 Å². The predicted molar refractivity (Wildman–Crippen MR) is 98.5 cm³/mol. The highest BCUT2D eigenvalue weighted by molar-refractivity contribution is 7.10. The third kappa shape index (κ3) is 3.18. The Bertz CT molecular complexity index is 972. The molecular formula is C18H16N2O4S. The zero-order chi connectivity index (χ0) is 18.0. The van der Waals surface area contributed by atoms with Crippen molar-refractivity contribution in [2.45, 2.75) is 19.5 Å². The standard InChI is InChI=1S/C18H16N2O4S/c1-10(14-6-3-7-25-14)20-15-12(17(23)18(15)24)8-19-13-5-2-4-11(9-21)16(13)22/h2-7,9-10,19-20,22H,8H2,1H3/t10-/m1/s1. The van der Waals surface area contributed by atoms with E-state index in [1.165, 1.54) is 6.07 Å². The monoisotopic (exact) mass is 356 g/mol. The topological polar surface area (TPSA) is 95.5 Å². The lowest BCUT2D eigenvalue weighted by Gasteiger charge is -2.19. The summed E-state index contributed by atoms with van der Waals surface area (Å²) in [5, 5.41) is 17.9. The van der Waals surface area contributed by atoms with Crippen molar-refractivity contribution in [1.82, 2.24) is 0 Å². The van der Waals surface area contributed by atoms with E-state index in [2.05, 4.69) is 10.6 Å². The van der Waals surface area contributed by atoms with Gasteiger partial charge in [0.25, 0.3) is 0 Å². The summed E-state index contributed by atoms with van der Waals surface area (Å²) in [5.41, 5.74) is 0.0359. The van der Waals surface area contributed by atoms with E-state index in [4.69, 9.17) is 0 Å². The molecule has 0 radical (unpaired) electrons. The molecule has 0 spiro atoms. The molecule has 0 aliphatic carbocycles. The van der Waals surface area contributed by atoms with E-state index in [1.54, 1.807) is 23.5 Å². The number of phenolic OH excluding ortho intramolecular Hbond substituents is 1. The van der Waals surface area contributed by atoms with Crippen LogP contribution in [0.1, 0.15) is 33.8 Å². The van der Waals surface area contributed by atoms with Crippen LogP contribution in [0.2, 0.25) is 0 Å². The van der Waals surface area contributed by atoms with Gasteiger partial charge in [-0.3, -0.25) is 14.4 Å². The third-order valence-electron chi connectivity index (χ3n) is 3.99. The van der Waals surface area contributed by atoms with Gasteiger partial charge in [-0.2, -0.15) is 0 Å². The van der Waals surface area contributed by atoms with Gasteiger partial charge in [-0.25, -0.2) is 0 Å². The molecule has 0 aliphatic rings. The van der Waals surface area contributed by atoms with E-state index >= 15 is 0 Å². The Morgan fingerprint density at radius 3 is 2.68 bits per heavy atom. The SMILES string of the molecule is C[C@@H](Nc1c(CNc2cccc(C=O)c2O)c(=O)c1=O)c1cccs1. The number of hydrogen-bond donors (Lipinski definition) is 3. The Hall–Kier alpha value is -2.93. The number of aldehydes is 1. The number of thiophene rings is 1. The largest absolute Gasteiger partial charge is 0.505 e. The van der Waals surface area contributed by atoms with Gasteiger partial charge in [0.15, 0.2) is 6.29 Å². The lowest BCUT2D eigenvalue weighted by atomic mass is 10.1. The molecule has 3 aromatic rings. The fourth-order valence-electron chi connectivity index (χ4n) is 2.57. The second-order valence-corrected chi connectivity index (χ2v) is 6.59. The van der Waals surface area contributed by atoms with Gasteiger partial charge in [-0.05, 0) is 30.5 Å². The number of benzene rings is 1. The van der Waals surface area contributed by atoms with E-state index in [1.807, 2.05) is 24.4 Å². The zero-order valence-corrected chi connectivity index (χ0v) is 14.2. The summed E-state index contributed by atoms with van der Waals surface area (Å²) >= 11 is 1.56. The number of rotatable bonds is 7. The highest BCUT2D eigenvalue weighted by Gasteiger charge is 2.22. The van der Waals surface area contributed by atoms with E-state index in [0.717, 1.165) is 4.88 Å². The number of aromatic hydroxyl groups is 1. The van der Waals surface area contributed by atoms with Gasteiger partial charge in [0.05, 0.1) is 28.5 Å². The van der Waals surface area contributed by atoms with E-state index < -0.39 is 10.9 Å². The van der Waals surface area contributed by atoms with Crippen LogP contribution in [-0.4, -0.2) is 11.4 Å². The maximum absolute atomic E-state index is 11.9. The van der Waals surface area contributed by atoms with Gasteiger partial charge in [-0.15, -0.1) is 11.3 Å². The van der Waals surface area contributed by atoms with Crippen molar-refractivity contribution in [2.24, 2.45) is 0 Å². The third-order valence-corrected chi connectivity index (χ3v) is 5.04. The van der Waals surface area contributed by atoms with Crippen LogP contribution in [0.4, 0.5) is 11.4 Å². The van der Waals surface area contributed by atoms with Crippen LogP contribution >= 0.6 is 11.3 Å². The van der Waals surface area contributed by atoms with Crippen LogP contribution in [-0.2, 0) is 6.54 Å². The lowest BCUT2D eigenvalue weighted by Crippen LogP contribution is -2.39. The second kappa shape index (κ2) is 6.90. The van der Waals surface area contributed by atoms with Gasteiger partial charge in [0.1, 0.15) is 5.75 Å².